The maximum absolute atomic E-state index is 5.90. The number of aryl methyl sites for hydroxylation is 2. The summed E-state index contributed by atoms with van der Waals surface area (Å²) in [6, 6.07) is 14.0. The van der Waals surface area contributed by atoms with Gasteiger partial charge in [-0.2, -0.15) is 0 Å². The fraction of sp³-hybridized carbons (Fsp3) is 0.333. The van der Waals surface area contributed by atoms with Gasteiger partial charge in [-0.15, -0.1) is 0 Å². The van der Waals surface area contributed by atoms with Crippen molar-refractivity contribution in [3.8, 4) is 0 Å². The molecule has 0 nitrogen and oxygen atoms in total. The van der Waals surface area contributed by atoms with Crippen molar-refractivity contribution in [2.24, 2.45) is 0 Å². The molecule has 0 aliphatic rings. The Labute approximate surface area is 134 Å². The molecule has 0 bridgehead atoms. The minimum absolute atomic E-state index is 0. The third kappa shape index (κ3) is 7.57. The normalized spacial score (nSPS) is 8.35. The van der Waals surface area contributed by atoms with E-state index in [0.717, 1.165) is 21.2 Å². The zero-order valence-electron chi connectivity index (χ0n) is 12.3. The molecule has 0 aliphatic heterocycles. The highest BCUT2D eigenvalue weighted by atomic mass is 35.5. The first-order chi connectivity index (χ1) is 9.02. The molecule has 2 aromatic rings. The molecular formula is C18H26Cl2. The van der Waals surface area contributed by atoms with E-state index in [1.54, 1.807) is 0 Å². The van der Waals surface area contributed by atoms with Gasteiger partial charge in [0.2, 0.25) is 0 Å². The van der Waals surface area contributed by atoms with Crippen molar-refractivity contribution in [2.75, 3.05) is 0 Å². The molecule has 0 spiro atoms. The van der Waals surface area contributed by atoms with E-state index < -0.39 is 0 Å². The summed E-state index contributed by atoms with van der Waals surface area (Å²) >= 11 is 11.7. The van der Waals surface area contributed by atoms with Crippen LogP contribution in [0, 0.1) is 20.8 Å². The fourth-order valence-electron chi connectivity index (χ4n) is 1.33. The third-order valence-electron chi connectivity index (χ3n) is 2.45. The quantitative estimate of drug-likeness (QED) is 0.480. The Morgan fingerprint density at radius 2 is 1.25 bits per heavy atom. The van der Waals surface area contributed by atoms with E-state index in [4.69, 9.17) is 23.2 Å². The van der Waals surface area contributed by atoms with Crippen molar-refractivity contribution in [3.05, 3.63) is 69.2 Å². The first kappa shape index (κ1) is 21.3. The number of benzene rings is 2. The molecule has 0 heterocycles. The van der Waals surface area contributed by atoms with Crippen LogP contribution in [0.2, 0.25) is 10.0 Å². The Balaban J connectivity index is 0. The summed E-state index contributed by atoms with van der Waals surface area (Å²) in [7, 11) is 0. The van der Waals surface area contributed by atoms with Crippen molar-refractivity contribution in [3.63, 3.8) is 0 Å². The Bertz CT molecular complexity index is 449. The van der Waals surface area contributed by atoms with Crippen LogP contribution in [0.15, 0.2) is 42.5 Å². The largest absolute Gasteiger partial charge is 0.0840 e. The second kappa shape index (κ2) is 11.8. The molecule has 0 atom stereocenters. The van der Waals surface area contributed by atoms with E-state index >= 15 is 0 Å². The SMILES string of the molecule is C.CC.Cc1ccc(Cl)c(C)c1Cl.Cc1ccccc1. The summed E-state index contributed by atoms with van der Waals surface area (Å²) in [6.07, 6.45) is 0. The van der Waals surface area contributed by atoms with Gasteiger partial charge in [0, 0.05) is 10.0 Å². The van der Waals surface area contributed by atoms with Gasteiger partial charge >= 0.3 is 0 Å². The van der Waals surface area contributed by atoms with Crippen LogP contribution in [0.5, 0.6) is 0 Å². The molecule has 0 aliphatic carbocycles. The zero-order chi connectivity index (χ0) is 14.8. The Kier molecular flexibility index (Phi) is 12.6. The second-order valence-electron chi connectivity index (χ2n) is 3.96. The molecule has 0 saturated heterocycles. The highest BCUT2D eigenvalue weighted by molar-refractivity contribution is 6.36. The molecule has 2 heteroatoms. The number of halogens is 2. The molecule has 0 fully saturated rings. The van der Waals surface area contributed by atoms with Gasteiger partial charge in [0.25, 0.3) is 0 Å². The minimum atomic E-state index is 0. The van der Waals surface area contributed by atoms with E-state index in [1.807, 2.05) is 58.0 Å². The topological polar surface area (TPSA) is 0 Å². The summed E-state index contributed by atoms with van der Waals surface area (Å²) in [5.74, 6) is 0. The van der Waals surface area contributed by atoms with Gasteiger partial charge in [0.15, 0.2) is 0 Å². The third-order valence-corrected chi connectivity index (χ3v) is 3.44. The average Bonchev–Trinajstić information content (AvgIpc) is 2.45. The molecule has 2 rings (SSSR count). The zero-order valence-corrected chi connectivity index (χ0v) is 13.8. The molecule has 0 unspecified atom stereocenters. The molecule has 0 radical (unpaired) electrons. The lowest BCUT2D eigenvalue weighted by Gasteiger charge is -2.02. The number of hydrogen-bond acceptors (Lipinski definition) is 0. The lowest BCUT2D eigenvalue weighted by molar-refractivity contribution is 1.38. The molecule has 0 amide bonds. The summed E-state index contributed by atoms with van der Waals surface area (Å²) in [5.41, 5.74) is 3.36. The molecule has 0 saturated carbocycles. The maximum atomic E-state index is 5.90. The predicted octanol–water partition coefficient (Wildman–Crippen LogP) is 7.27. The summed E-state index contributed by atoms with van der Waals surface area (Å²) < 4.78 is 0. The van der Waals surface area contributed by atoms with Crippen molar-refractivity contribution in [2.45, 2.75) is 42.0 Å². The van der Waals surface area contributed by atoms with Crippen molar-refractivity contribution in [1.29, 1.82) is 0 Å². The fourth-order valence-corrected chi connectivity index (χ4v) is 1.70. The van der Waals surface area contributed by atoms with Crippen LogP contribution in [0.3, 0.4) is 0 Å². The van der Waals surface area contributed by atoms with Gasteiger partial charge in [0.1, 0.15) is 0 Å². The second-order valence-corrected chi connectivity index (χ2v) is 4.74. The minimum Gasteiger partial charge on any atom is -0.0840 e. The van der Waals surface area contributed by atoms with Crippen LogP contribution in [0.4, 0.5) is 0 Å². The van der Waals surface area contributed by atoms with Gasteiger partial charge in [-0.1, -0.05) is 86.4 Å². The maximum Gasteiger partial charge on any atom is 0.0479 e. The van der Waals surface area contributed by atoms with Crippen molar-refractivity contribution in [1.82, 2.24) is 0 Å². The van der Waals surface area contributed by atoms with Crippen LogP contribution in [-0.2, 0) is 0 Å². The smallest absolute Gasteiger partial charge is 0.0479 e. The van der Waals surface area contributed by atoms with E-state index in [-0.39, 0.29) is 7.43 Å². The van der Waals surface area contributed by atoms with Gasteiger partial charge < -0.3 is 0 Å². The van der Waals surface area contributed by atoms with E-state index in [9.17, 15) is 0 Å². The van der Waals surface area contributed by atoms with E-state index in [1.165, 1.54) is 5.56 Å². The molecule has 0 aromatic heterocycles. The van der Waals surface area contributed by atoms with Crippen molar-refractivity contribution >= 4 is 23.2 Å². The van der Waals surface area contributed by atoms with E-state index in [0.29, 0.717) is 0 Å². The number of rotatable bonds is 0. The highest BCUT2D eigenvalue weighted by Gasteiger charge is 2.01. The van der Waals surface area contributed by atoms with Gasteiger partial charge in [0.05, 0.1) is 0 Å². The summed E-state index contributed by atoms with van der Waals surface area (Å²) in [5, 5.41) is 1.50. The van der Waals surface area contributed by atoms with Crippen molar-refractivity contribution < 1.29 is 0 Å². The first-order valence-electron chi connectivity index (χ1n) is 6.45. The van der Waals surface area contributed by atoms with Gasteiger partial charge in [-0.05, 0) is 38.0 Å². The number of hydrogen-bond donors (Lipinski definition) is 0. The monoisotopic (exact) mass is 312 g/mol. The van der Waals surface area contributed by atoms with E-state index in [2.05, 4.69) is 19.1 Å². The van der Waals surface area contributed by atoms with Crippen LogP contribution < -0.4 is 0 Å². The lowest BCUT2D eigenvalue weighted by Crippen LogP contribution is -1.80. The molecule has 112 valence electrons. The standard InChI is InChI=1S/C8H8Cl2.C7H8.C2H6.CH4/c1-5-3-4-7(9)6(2)8(5)10;1-7-5-3-2-4-6-7;1-2;/h3-4H,1-2H3;2-6H,1H3;1-2H3;1H4. The Morgan fingerprint density at radius 3 is 1.60 bits per heavy atom. The molecule has 0 N–H and O–H groups in total. The predicted molar refractivity (Wildman–Crippen MR) is 95.2 cm³/mol. The first-order valence-corrected chi connectivity index (χ1v) is 7.21. The van der Waals surface area contributed by atoms with Crippen LogP contribution in [0.25, 0.3) is 0 Å². The van der Waals surface area contributed by atoms with Crippen LogP contribution in [0.1, 0.15) is 38.0 Å². The Hall–Kier alpha value is -0.980. The van der Waals surface area contributed by atoms with Gasteiger partial charge in [-0.3, -0.25) is 0 Å². The summed E-state index contributed by atoms with van der Waals surface area (Å²) in [4.78, 5) is 0. The summed E-state index contributed by atoms with van der Waals surface area (Å²) in [6.45, 7) is 9.96. The Morgan fingerprint density at radius 1 is 0.750 bits per heavy atom. The van der Waals surface area contributed by atoms with Gasteiger partial charge in [-0.25, -0.2) is 0 Å². The highest BCUT2D eigenvalue weighted by Crippen LogP contribution is 2.26. The average molecular weight is 313 g/mol. The molecular weight excluding hydrogens is 287 g/mol. The van der Waals surface area contributed by atoms with Crippen LogP contribution in [-0.4, -0.2) is 0 Å². The molecule has 2 aromatic carbocycles. The van der Waals surface area contributed by atoms with Crippen LogP contribution >= 0.6 is 23.2 Å². The molecule has 20 heavy (non-hydrogen) atoms. The lowest BCUT2D eigenvalue weighted by atomic mass is 10.2.